The Balaban J connectivity index is 1.13. The minimum atomic E-state index is 0.00496. The number of nitrogens with zero attached hydrogens (tertiary/aromatic N) is 1. The van der Waals surface area contributed by atoms with Gasteiger partial charge in [0.1, 0.15) is 0 Å². The molecule has 1 heteroatoms. The van der Waals surface area contributed by atoms with Crippen molar-refractivity contribution >= 4 is 17.1 Å². The highest BCUT2D eigenvalue weighted by molar-refractivity contribution is 5.86. The maximum Gasteiger partial charge on any atom is 0.0468 e. The molecule has 3 saturated carbocycles. The van der Waals surface area contributed by atoms with Gasteiger partial charge in [-0.2, -0.15) is 0 Å². The number of anilines is 3. The number of benzene rings is 5. The van der Waals surface area contributed by atoms with Crippen molar-refractivity contribution in [3.05, 3.63) is 149 Å². The summed E-state index contributed by atoms with van der Waals surface area (Å²) in [5, 5.41) is 0. The summed E-state index contributed by atoms with van der Waals surface area (Å²) in [6, 6.07) is 46.8. The molecule has 0 aliphatic heterocycles. The molecule has 0 aromatic heterocycles. The minimum absolute atomic E-state index is 0.00496. The Bertz CT molecular complexity index is 1890. The van der Waals surface area contributed by atoms with E-state index in [4.69, 9.17) is 0 Å². The molecule has 2 bridgehead atoms. The van der Waals surface area contributed by atoms with E-state index in [1.807, 2.05) is 0 Å². The van der Waals surface area contributed by atoms with Crippen LogP contribution in [0.1, 0.15) is 105 Å². The van der Waals surface area contributed by atoms with Crippen LogP contribution in [0.25, 0.3) is 11.1 Å². The lowest BCUT2D eigenvalue weighted by Gasteiger charge is -2.39. The molecule has 236 valence electrons. The second-order valence-electron chi connectivity index (χ2n) is 15.7. The Morgan fingerprint density at radius 2 is 1.19 bits per heavy atom. The zero-order valence-electron chi connectivity index (χ0n) is 28.1. The topological polar surface area (TPSA) is 3.24 Å². The molecule has 0 spiro atoms. The Hall–Kier alpha value is -4.10. The molecule has 0 radical (unpaired) electrons. The lowest BCUT2D eigenvalue weighted by molar-refractivity contribution is 0.346. The smallest absolute Gasteiger partial charge is 0.0468 e. The van der Waals surface area contributed by atoms with Crippen molar-refractivity contribution in [1.29, 1.82) is 0 Å². The minimum Gasteiger partial charge on any atom is -0.310 e. The van der Waals surface area contributed by atoms with Crippen LogP contribution in [0, 0.1) is 11.8 Å². The maximum atomic E-state index is 2.50. The average molecular weight is 614 g/mol. The summed E-state index contributed by atoms with van der Waals surface area (Å²) >= 11 is 0. The van der Waals surface area contributed by atoms with Gasteiger partial charge in [0.2, 0.25) is 0 Å². The van der Waals surface area contributed by atoms with Gasteiger partial charge in [-0.1, -0.05) is 124 Å². The quantitative estimate of drug-likeness (QED) is 0.184. The van der Waals surface area contributed by atoms with E-state index in [1.165, 1.54) is 108 Å². The summed E-state index contributed by atoms with van der Waals surface area (Å²) in [5.74, 6) is 2.60. The van der Waals surface area contributed by atoms with Gasteiger partial charge in [0.25, 0.3) is 0 Å². The Morgan fingerprint density at radius 3 is 1.89 bits per heavy atom. The zero-order valence-corrected chi connectivity index (χ0v) is 28.1. The third-order valence-corrected chi connectivity index (χ3v) is 12.9. The van der Waals surface area contributed by atoms with Gasteiger partial charge >= 0.3 is 0 Å². The van der Waals surface area contributed by atoms with E-state index in [-0.39, 0.29) is 10.8 Å². The molecule has 5 aromatic carbocycles. The van der Waals surface area contributed by atoms with E-state index in [2.05, 4.69) is 140 Å². The Kier molecular flexibility index (Phi) is 6.96. The summed E-state index contributed by atoms with van der Waals surface area (Å²) in [6.45, 7) is 4.74. The van der Waals surface area contributed by atoms with Crippen LogP contribution >= 0.6 is 0 Å². The molecule has 3 fully saturated rings. The molecule has 47 heavy (non-hydrogen) atoms. The normalized spacial score (nSPS) is 23.3. The highest BCUT2D eigenvalue weighted by Gasteiger charge is 2.40. The first-order chi connectivity index (χ1) is 23.0. The van der Waals surface area contributed by atoms with Crippen molar-refractivity contribution in [3.8, 4) is 11.1 Å². The summed E-state index contributed by atoms with van der Waals surface area (Å²) < 4.78 is 0. The van der Waals surface area contributed by atoms with Gasteiger partial charge in [0.05, 0.1) is 0 Å². The predicted octanol–water partition coefficient (Wildman–Crippen LogP) is 12.6. The van der Waals surface area contributed by atoms with Gasteiger partial charge in [-0.3, -0.25) is 0 Å². The third kappa shape index (κ3) is 4.72. The van der Waals surface area contributed by atoms with Gasteiger partial charge in [-0.15, -0.1) is 0 Å². The van der Waals surface area contributed by atoms with Crippen LogP contribution in [0.3, 0.4) is 0 Å². The number of hydrogen-bond acceptors (Lipinski definition) is 1. The fourth-order valence-corrected chi connectivity index (χ4v) is 10.4. The molecule has 3 atom stereocenters. The zero-order chi connectivity index (χ0) is 31.6. The van der Waals surface area contributed by atoms with Crippen LogP contribution in [-0.2, 0) is 10.8 Å². The SMILES string of the molecule is CC1(C)c2ccccc2-c2cc(N(c3ccc(C4CC5CCC4C5)cc3)c3ccc(C4(c5ccccc5)CCCCC4)cc3)ccc21. The van der Waals surface area contributed by atoms with Crippen LogP contribution in [0.2, 0.25) is 0 Å². The molecule has 3 unspecified atom stereocenters. The summed E-state index contributed by atoms with van der Waals surface area (Å²) in [4.78, 5) is 2.50. The van der Waals surface area contributed by atoms with Crippen molar-refractivity contribution in [1.82, 2.24) is 0 Å². The van der Waals surface area contributed by atoms with E-state index in [9.17, 15) is 0 Å². The van der Waals surface area contributed by atoms with Crippen molar-refractivity contribution in [3.63, 3.8) is 0 Å². The molecular weight excluding hydrogens is 567 g/mol. The van der Waals surface area contributed by atoms with Gasteiger partial charge in [-0.25, -0.2) is 0 Å². The molecule has 4 aliphatic rings. The molecule has 0 amide bonds. The number of rotatable bonds is 6. The van der Waals surface area contributed by atoms with Gasteiger partial charge in [0.15, 0.2) is 0 Å². The molecule has 0 heterocycles. The predicted molar refractivity (Wildman–Crippen MR) is 197 cm³/mol. The van der Waals surface area contributed by atoms with Crippen molar-refractivity contribution < 1.29 is 0 Å². The van der Waals surface area contributed by atoms with E-state index >= 15 is 0 Å². The second-order valence-corrected chi connectivity index (χ2v) is 15.7. The molecule has 0 saturated heterocycles. The van der Waals surface area contributed by atoms with Crippen LogP contribution in [0.5, 0.6) is 0 Å². The molecule has 5 aromatic rings. The monoisotopic (exact) mass is 613 g/mol. The largest absolute Gasteiger partial charge is 0.310 e. The van der Waals surface area contributed by atoms with Crippen LogP contribution in [-0.4, -0.2) is 0 Å². The standard InChI is InChI=1S/C46H47N/c1-45(2)43-14-8-7-13-40(43)42-31-39(25-26-44(42)45)47(37-21-17-33(18-22-37)41-30-32-15-16-34(41)29-32)38-23-19-36(20-24-38)46(27-9-4-10-28-46)35-11-5-3-6-12-35/h3,5-8,11-14,17-26,31-32,34,41H,4,9-10,15-16,27-30H2,1-2H3. The summed E-state index contributed by atoms with van der Waals surface area (Å²) in [5.41, 5.74) is 13.9. The second kappa shape index (κ2) is 11.3. The molecule has 0 N–H and O–H groups in total. The van der Waals surface area contributed by atoms with E-state index in [0.717, 1.165) is 17.8 Å². The lowest BCUT2D eigenvalue weighted by atomic mass is 9.65. The highest BCUT2D eigenvalue weighted by Crippen LogP contribution is 2.54. The summed E-state index contributed by atoms with van der Waals surface area (Å²) in [7, 11) is 0. The van der Waals surface area contributed by atoms with Gasteiger partial charge in [-0.05, 0) is 125 Å². The molecule has 1 nitrogen and oxygen atoms in total. The van der Waals surface area contributed by atoms with Crippen LogP contribution in [0.4, 0.5) is 17.1 Å². The van der Waals surface area contributed by atoms with Gasteiger partial charge in [0, 0.05) is 27.9 Å². The maximum absolute atomic E-state index is 2.50. The van der Waals surface area contributed by atoms with Crippen LogP contribution < -0.4 is 4.90 Å². The van der Waals surface area contributed by atoms with Crippen molar-refractivity contribution in [2.24, 2.45) is 11.8 Å². The van der Waals surface area contributed by atoms with E-state index < -0.39 is 0 Å². The fourth-order valence-electron chi connectivity index (χ4n) is 10.4. The van der Waals surface area contributed by atoms with E-state index in [1.54, 1.807) is 5.56 Å². The molecular formula is C46H47N. The molecule has 9 rings (SSSR count). The van der Waals surface area contributed by atoms with Crippen molar-refractivity contribution in [2.45, 2.75) is 88.4 Å². The first-order valence-corrected chi connectivity index (χ1v) is 18.3. The van der Waals surface area contributed by atoms with Crippen molar-refractivity contribution in [2.75, 3.05) is 4.90 Å². The van der Waals surface area contributed by atoms with Gasteiger partial charge < -0.3 is 4.90 Å². The Labute approximate surface area is 281 Å². The highest BCUT2D eigenvalue weighted by atomic mass is 15.1. The fraction of sp³-hybridized carbons (Fsp3) is 0.348. The third-order valence-electron chi connectivity index (χ3n) is 12.9. The van der Waals surface area contributed by atoms with E-state index in [0.29, 0.717) is 0 Å². The lowest BCUT2D eigenvalue weighted by Crippen LogP contribution is -2.30. The summed E-state index contributed by atoms with van der Waals surface area (Å²) in [6.07, 6.45) is 12.1. The first-order valence-electron chi connectivity index (χ1n) is 18.3. The average Bonchev–Trinajstić information content (AvgIpc) is 3.83. The van der Waals surface area contributed by atoms with Crippen LogP contribution in [0.15, 0.2) is 121 Å². The Morgan fingerprint density at radius 1 is 0.553 bits per heavy atom. The molecule has 4 aliphatic carbocycles. The number of fused-ring (bicyclic) bond motifs is 5. The first kappa shape index (κ1) is 29.1. The number of hydrogen-bond donors (Lipinski definition) is 0.